The van der Waals surface area contributed by atoms with Gasteiger partial charge < -0.3 is 0 Å². The fraction of sp³-hybridized carbons (Fsp3) is 0.125. The number of thioether (sulfide) groups is 1. The van der Waals surface area contributed by atoms with Gasteiger partial charge in [0.1, 0.15) is 6.34 Å². The molecule has 0 amide bonds. The van der Waals surface area contributed by atoms with E-state index in [9.17, 15) is 0 Å². The Morgan fingerprint density at radius 2 is 2.05 bits per heavy atom. The average Bonchev–Trinajstić information content (AvgIpc) is 3.06. The Kier molecular flexibility index (Phi) is 3.32. The number of rotatable bonds is 2. The van der Waals surface area contributed by atoms with Crippen molar-refractivity contribution < 1.29 is 0 Å². The SMILES string of the molecule is Cc1ccc2c(c1)N1C=NN(N=Cc3ccc(Cl)cc3)C1S2. The van der Waals surface area contributed by atoms with E-state index in [0.29, 0.717) is 0 Å². The molecule has 4 nitrogen and oxygen atoms in total. The number of halogens is 1. The van der Waals surface area contributed by atoms with Crippen LogP contribution < -0.4 is 4.90 Å². The molecular formula is C16H13ClN4S. The fourth-order valence-corrected chi connectivity index (χ4v) is 3.69. The lowest BCUT2D eigenvalue weighted by Gasteiger charge is -2.18. The van der Waals surface area contributed by atoms with Gasteiger partial charge in [-0.25, -0.2) is 0 Å². The first-order chi connectivity index (χ1) is 10.7. The molecule has 1 unspecified atom stereocenters. The Labute approximate surface area is 138 Å². The predicted molar refractivity (Wildman–Crippen MR) is 92.7 cm³/mol. The number of nitrogens with zero attached hydrogens (tertiary/aromatic N) is 4. The summed E-state index contributed by atoms with van der Waals surface area (Å²) >= 11 is 7.64. The maximum atomic E-state index is 5.89. The molecule has 0 radical (unpaired) electrons. The van der Waals surface area contributed by atoms with Crippen molar-refractivity contribution in [1.29, 1.82) is 0 Å². The predicted octanol–water partition coefficient (Wildman–Crippen LogP) is 4.14. The lowest BCUT2D eigenvalue weighted by Crippen LogP contribution is -2.30. The summed E-state index contributed by atoms with van der Waals surface area (Å²) in [5.74, 6) is 0. The van der Waals surface area contributed by atoms with Crippen LogP contribution >= 0.6 is 23.4 Å². The van der Waals surface area contributed by atoms with Crippen LogP contribution in [-0.2, 0) is 0 Å². The Morgan fingerprint density at radius 3 is 2.86 bits per heavy atom. The number of anilines is 1. The van der Waals surface area contributed by atoms with Gasteiger partial charge in [-0.2, -0.15) is 5.10 Å². The highest BCUT2D eigenvalue weighted by Crippen LogP contribution is 2.46. The summed E-state index contributed by atoms with van der Waals surface area (Å²) in [5, 5.41) is 11.3. The quantitative estimate of drug-likeness (QED) is 0.776. The molecule has 0 saturated heterocycles. The summed E-state index contributed by atoms with van der Waals surface area (Å²) < 4.78 is 0. The molecule has 6 heteroatoms. The number of benzene rings is 2. The highest BCUT2D eigenvalue weighted by molar-refractivity contribution is 8.00. The van der Waals surface area contributed by atoms with Crippen molar-refractivity contribution in [3.05, 3.63) is 58.6 Å². The van der Waals surface area contributed by atoms with Crippen molar-refractivity contribution >= 4 is 41.6 Å². The van der Waals surface area contributed by atoms with Gasteiger partial charge in [-0.1, -0.05) is 41.6 Å². The molecule has 0 N–H and O–H groups in total. The van der Waals surface area contributed by atoms with Crippen molar-refractivity contribution in [1.82, 2.24) is 5.12 Å². The Hall–Kier alpha value is -1.98. The van der Waals surface area contributed by atoms with Gasteiger partial charge in [0.2, 0.25) is 0 Å². The number of hydrogen-bond acceptors (Lipinski definition) is 5. The topological polar surface area (TPSA) is 31.2 Å². The van der Waals surface area contributed by atoms with Gasteiger partial charge in [0, 0.05) is 9.92 Å². The van der Waals surface area contributed by atoms with E-state index in [1.54, 1.807) is 23.1 Å². The largest absolute Gasteiger partial charge is 0.296 e. The molecule has 110 valence electrons. The van der Waals surface area contributed by atoms with E-state index in [4.69, 9.17) is 11.6 Å². The van der Waals surface area contributed by atoms with Gasteiger partial charge in [-0.15, -0.1) is 10.2 Å². The van der Waals surface area contributed by atoms with Crippen molar-refractivity contribution in [3.8, 4) is 0 Å². The first kappa shape index (κ1) is 13.7. The lowest BCUT2D eigenvalue weighted by molar-refractivity contribution is 0.316. The number of aryl methyl sites for hydroxylation is 1. The van der Waals surface area contributed by atoms with E-state index < -0.39 is 0 Å². The van der Waals surface area contributed by atoms with Gasteiger partial charge >= 0.3 is 0 Å². The van der Waals surface area contributed by atoms with Crippen LogP contribution in [0, 0.1) is 6.92 Å². The molecule has 4 rings (SSSR count). The van der Waals surface area contributed by atoms with Crippen LogP contribution in [0.25, 0.3) is 0 Å². The van der Waals surface area contributed by atoms with E-state index in [1.807, 2.05) is 30.6 Å². The van der Waals surface area contributed by atoms with E-state index in [0.717, 1.165) is 10.6 Å². The standard InChI is InChI=1S/C16H13ClN4S/c1-11-2-7-15-14(8-11)20-10-19-21(16(20)22-15)18-9-12-3-5-13(17)6-4-12/h2-10,16H,1H3. The normalized spacial score (nSPS) is 19.1. The first-order valence-corrected chi connectivity index (χ1v) is 8.15. The summed E-state index contributed by atoms with van der Waals surface area (Å²) in [5.41, 5.74) is 3.49. The van der Waals surface area contributed by atoms with Crippen LogP contribution in [0.5, 0.6) is 0 Å². The molecule has 0 spiro atoms. The zero-order valence-corrected chi connectivity index (χ0v) is 13.4. The van der Waals surface area contributed by atoms with E-state index >= 15 is 0 Å². The first-order valence-electron chi connectivity index (χ1n) is 6.89. The second-order valence-corrected chi connectivity index (χ2v) is 6.70. The molecule has 0 aliphatic carbocycles. The summed E-state index contributed by atoms with van der Waals surface area (Å²) in [6.45, 7) is 2.10. The van der Waals surface area contributed by atoms with Gasteiger partial charge in [0.05, 0.1) is 11.9 Å². The average molecular weight is 329 g/mol. The van der Waals surface area contributed by atoms with Gasteiger partial charge in [-0.05, 0) is 42.3 Å². The Morgan fingerprint density at radius 1 is 1.23 bits per heavy atom. The molecular weight excluding hydrogens is 316 g/mol. The zero-order valence-electron chi connectivity index (χ0n) is 11.8. The van der Waals surface area contributed by atoms with Gasteiger partial charge in [0.15, 0.2) is 5.50 Å². The second kappa shape index (κ2) is 5.34. The van der Waals surface area contributed by atoms with E-state index in [-0.39, 0.29) is 5.50 Å². The third kappa shape index (κ3) is 2.36. The van der Waals surface area contributed by atoms with Crippen LogP contribution in [0.1, 0.15) is 11.1 Å². The second-order valence-electron chi connectivity index (χ2n) is 5.17. The Bertz CT molecular complexity index is 772. The molecule has 0 saturated carbocycles. The molecule has 0 bridgehead atoms. The molecule has 1 atom stereocenters. The van der Waals surface area contributed by atoms with Crippen molar-refractivity contribution in [2.75, 3.05) is 4.90 Å². The van der Waals surface area contributed by atoms with E-state index in [2.05, 4.69) is 40.2 Å². The maximum Gasteiger partial charge on any atom is 0.199 e. The summed E-state index contributed by atoms with van der Waals surface area (Å²) in [6.07, 6.45) is 3.63. The van der Waals surface area contributed by atoms with Crippen LogP contribution in [0.3, 0.4) is 0 Å². The van der Waals surface area contributed by atoms with Gasteiger partial charge in [0.25, 0.3) is 0 Å². The van der Waals surface area contributed by atoms with Crippen LogP contribution in [0.4, 0.5) is 5.69 Å². The molecule has 22 heavy (non-hydrogen) atoms. The third-order valence-corrected chi connectivity index (χ3v) is 5.03. The van der Waals surface area contributed by atoms with Crippen molar-refractivity contribution in [2.45, 2.75) is 17.3 Å². The lowest BCUT2D eigenvalue weighted by atomic mass is 10.2. The molecule has 2 heterocycles. The van der Waals surface area contributed by atoms with Gasteiger partial charge in [-0.3, -0.25) is 4.90 Å². The maximum absolute atomic E-state index is 5.89. The van der Waals surface area contributed by atoms with E-state index in [1.165, 1.54) is 16.1 Å². The summed E-state index contributed by atoms with van der Waals surface area (Å²) in [7, 11) is 0. The van der Waals surface area contributed by atoms with Crippen LogP contribution in [-0.4, -0.2) is 23.2 Å². The fourth-order valence-electron chi connectivity index (χ4n) is 2.42. The van der Waals surface area contributed by atoms with Crippen molar-refractivity contribution in [2.24, 2.45) is 10.2 Å². The monoisotopic (exact) mass is 328 g/mol. The summed E-state index contributed by atoms with van der Waals surface area (Å²) in [4.78, 5) is 3.40. The number of hydrogen-bond donors (Lipinski definition) is 0. The Balaban J connectivity index is 1.55. The molecule has 2 aromatic rings. The molecule has 2 aliphatic rings. The highest BCUT2D eigenvalue weighted by atomic mass is 35.5. The molecule has 2 aliphatic heterocycles. The minimum Gasteiger partial charge on any atom is -0.296 e. The minimum absolute atomic E-state index is 0.0559. The third-order valence-electron chi connectivity index (χ3n) is 3.55. The zero-order chi connectivity index (χ0) is 15.1. The van der Waals surface area contributed by atoms with Crippen LogP contribution in [0.2, 0.25) is 5.02 Å². The van der Waals surface area contributed by atoms with Crippen molar-refractivity contribution in [3.63, 3.8) is 0 Å². The number of fused-ring (bicyclic) bond motifs is 3. The molecule has 0 aromatic heterocycles. The highest BCUT2D eigenvalue weighted by Gasteiger charge is 2.37. The molecule has 0 fully saturated rings. The van der Waals surface area contributed by atoms with Crippen LogP contribution in [0.15, 0.2) is 57.6 Å². The number of hydrazone groups is 2. The smallest absolute Gasteiger partial charge is 0.199 e. The molecule has 2 aromatic carbocycles. The summed E-state index contributed by atoms with van der Waals surface area (Å²) in [6, 6.07) is 14.0. The minimum atomic E-state index is 0.0559.